The third-order valence-electron chi connectivity index (χ3n) is 17.1. The number of hydrogen-bond acceptors (Lipinski definition) is 8. The molecule has 2 atom stereocenters. The largest absolute Gasteiger partial charge is 0.756 e. The molecule has 0 bridgehead atoms. The number of carbonyl (C=O) groups excluding carboxylic acids is 2. The predicted molar refractivity (Wildman–Crippen MR) is 397 cm³/mol. The van der Waals surface area contributed by atoms with E-state index in [9.17, 15) is 19.0 Å². The lowest BCUT2D eigenvalue weighted by Crippen LogP contribution is -2.37. The topological polar surface area (TPSA) is 111 Å². The SMILES string of the molecule is CC/C=C\C/C=C\C/C=C\C/C=C\C/C=C\CCCCCCCCCCCCCCCC(=O)OC(COC(=O)CCCCCCCCCCCCCCCCCCCCCCCCCC/C=C\C/C=C\C/C=C\CCCCCCC)COP(=O)([O-])OCC[N+](C)(C)C. The Morgan fingerprint density at radius 1 is 0.348 bits per heavy atom. The maximum Gasteiger partial charge on any atom is 0.306 e. The Kier molecular flexibility index (Phi) is 69.8. The standard InChI is InChI=1S/C82H148NO8P/c1-6-8-10-12-14-16-18-20-22-24-26-28-30-32-34-36-37-38-39-40-41-42-43-44-45-47-48-50-52-54-56-58-60-62-64-66-68-70-72-74-81(84)88-78-80(79-90-92(86,87)89-77-76-83(3,4)5)91-82(85)75-73-71-69-67-65-63-61-59-57-55-53-51-49-46-35-33-31-29-27-25-23-21-19-17-15-13-11-9-7-2/h9,11,15,17-18,20-21,23-24,26-27,29-30,32-33,35,80H,6-8,10,12-14,16,19,22,25,28,31,34,36-79H2,1-5H3/b11-9-,17-15-,20-18-,23-21-,26-24-,29-27-,32-30-,35-33-. The lowest BCUT2D eigenvalue weighted by molar-refractivity contribution is -0.870. The molecule has 0 spiro atoms. The number of hydrogen-bond donors (Lipinski definition) is 0. The number of phosphoric ester groups is 1. The summed E-state index contributed by atoms with van der Waals surface area (Å²) in [5.74, 6) is -0.822. The van der Waals surface area contributed by atoms with E-state index in [0.29, 0.717) is 17.4 Å². The molecule has 0 N–H and O–H groups in total. The first-order valence-corrected chi connectivity index (χ1v) is 40.4. The number of ether oxygens (including phenoxy) is 2. The number of phosphoric acid groups is 1. The minimum atomic E-state index is -4.65. The first kappa shape index (κ1) is 88.9. The van der Waals surface area contributed by atoms with Crippen LogP contribution in [0.4, 0.5) is 0 Å². The summed E-state index contributed by atoms with van der Waals surface area (Å²) in [5, 5.41) is 0. The van der Waals surface area contributed by atoms with Crippen LogP contribution >= 0.6 is 7.82 Å². The van der Waals surface area contributed by atoms with E-state index in [1.807, 2.05) is 21.1 Å². The van der Waals surface area contributed by atoms with Crippen molar-refractivity contribution >= 4 is 19.8 Å². The van der Waals surface area contributed by atoms with Crippen molar-refractivity contribution in [3.05, 3.63) is 97.2 Å². The Morgan fingerprint density at radius 3 is 0.924 bits per heavy atom. The van der Waals surface area contributed by atoms with Crippen molar-refractivity contribution in [2.45, 2.75) is 367 Å². The van der Waals surface area contributed by atoms with Gasteiger partial charge in [-0.1, -0.05) is 349 Å². The molecule has 0 saturated carbocycles. The molecule has 534 valence electrons. The van der Waals surface area contributed by atoms with Gasteiger partial charge in [-0.25, -0.2) is 0 Å². The van der Waals surface area contributed by atoms with Crippen LogP contribution in [0.3, 0.4) is 0 Å². The summed E-state index contributed by atoms with van der Waals surface area (Å²) in [6, 6.07) is 0. The molecule has 0 radical (unpaired) electrons. The first-order valence-electron chi connectivity index (χ1n) is 38.9. The summed E-state index contributed by atoms with van der Waals surface area (Å²) >= 11 is 0. The number of likely N-dealkylation sites (N-methyl/N-ethyl adjacent to an activating group) is 1. The quantitative estimate of drug-likeness (QED) is 0.0195. The summed E-state index contributed by atoms with van der Waals surface area (Å²) in [4.78, 5) is 38.2. The molecule has 0 saturated heterocycles. The number of nitrogens with zero attached hydrogens (tertiary/aromatic N) is 1. The van der Waals surface area contributed by atoms with Gasteiger partial charge >= 0.3 is 11.9 Å². The van der Waals surface area contributed by atoms with Gasteiger partial charge in [-0.2, -0.15) is 0 Å². The van der Waals surface area contributed by atoms with E-state index in [4.69, 9.17) is 18.5 Å². The highest BCUT2D eigenvalue weighted by Gasteiger charge is 2.22. The van der Waals surface area contributed by atoms with E-state index in [1.54, 1.807) is 0 Å². The van der Waals surface area contributed by atoms with Crippen LogP contribution in [0.2, 0.25) is 0 Å². The number of allylic oxidation sites excluding steroid dienone is 16. The van der Waals surface area contributed by atoms with Crippen LogP contribution in [0.5, 0.6) is 0 Å². The molecule has 0 rings (SSSR count). The van der Waals surface area contributed by atoms with Crippen molar-refractivity contribution in [3.63, 3.8) is 0 Å². The molecular weight excluding hydrogens is 1160 g/mol. The fraction of sp³-hybridized carbons (Fsp3) is 0.780. The predicted octanol–water partition coefficient (Wildman–Crippen LogP) is 25.2. The van der Waals surface area contributed by atoms with Gasteiger partial charge in [-0.3, -0.25) is 14.2 Å². The number of quaternary nitrogens is 1. The Hall–Kier alpha value is -3.07. The summed E-state index contributed by atoms with van der Waals surface area (Å²) < 4.78 is 34.4. The molecule has 9 nitrogen and oxygen atoms in total. The van der Waals surface area contributed by atoms with Crippen LogP contribution < -0.4 is 4.89 Å². The Bertz CT molecular complexity index is 1880. The molecule has 0 aliphatic rings. The highest BCUT2D eigenvalue weighted by Crippen LogP contribution is 2.38. The lowest BCUT2D eigenvalue weighted by Gasteiger charge is -2.28. The van der Waals surface area contributed by atoms with E-state index in [0.717, 1.165) is 83.5 Å². The maximum absolute atomic E-state index is 12.9. The van der Waals surface area contributed by atoms with Gasteiger partial charge in [0.05, 0.1) is 27.7 Å². The number of unbranched alkanes of at least 4 members (excludes halogenated alkanes) is 42. The van der Waals surface area contributed by atoms with Crippen LogP contribution in [0.25, 0.3) is 0 Å². The van der Waals surface area contributed by atoms with Crippen molar-refractivity contribution in [2.24, 2.45) is 0 Å². The first-order chi connectivity index (χ1) is 45.0. The smallest absolute Gasteiger partial charge is 0.306 e. The van der Waals surface area contributed by atoms with Gasteiger partial charge in [0, 0.05) is 12.8 Å². The van der Waals surface area contributed by atoms with E-state index in [1.165, 1.54) is 244 Å². The molecule has 0 aromatic carbocycles. The van der Waals surface area contributed by atoms with E-state index in [2.05, 4.69) is 111 Å². The number of rotatable bonds is 72. The third-order valence-corrected chi connectivity index (χ3v) is 18.1. The summed E-state index contributed by atoms with van der Waals surface area (Å²) in [7, 11) is 1.17. The average Bonchev–Trinajstić information content (AvgIpc) is 2.14. The van der Waals surface area contributed by atoms with Gasteiger partial charge in [-0.15, -0.1) is 0 Å². The zero-order valence-corrected chi connectivity index (χ0v) is 61.9. The van der Waals surface area contributed by atoms with Gasteiger partial charge in [0.25, 0.3) is 7.82 Å². The van der Waals surface area contributed by atoms with E-state index >= 15 is 0 Å². The second-order valence-corrected chi connectivity index (χ2v) is 28.8. The molecule has 92 heavy (non-hydrogen) atoms. The Morgan fingerprint density at radius 2 is 0.620 bits per heavy atom. The van der Waals surface area contributed by atoms with Gasteiger partial charge in [0.2, 0.25) is 0 Å². The highest BCUT2D eigenvalue weighted by atomic mass is 31.2. The van der Waals surface area contributed by atoms with Crippen LogP contribution in [0.15, 0.2) is 97.2 Å². The summed E-state index contributed by atoms with van der Waals surface area (Å²) in [6.07, 6.45) is 101. The second kappa shape index (κ2) is 72.2. The summed E-state index contributed by atoms with van der Waals surface area (Å²) in [6.45, 7) is 4.16. The van der Waals surface area contributed by atoms with E-state index in [-0.39, 0.29) is 32.0 Å². The fourth-order valence-corrected chi connectivity index (χ4v) is 11.9. The summed E-state index contributed by atoms with van der Waals surface area (Å²) in [5.41, 5.74) is 0. The van der Waals surface area contributed by atoms with Crippen LogP contribution in [-0.4, -0.2) is 70.0 Å². The van der Waals surface area contributed by atoms with Crippen molar-refractivity contribution < 1.29 is 42.1 Å². The minimum absolute atomic E-state index is 0.0323. The van der Waals surface area contributed by atoms with Crippen molar-refractivity contribution in [3.8, 4) is 0 Å². The van der Waals surface area contributed by atoms with Gasteiger partial charge in [0.1, 0.15) is 19.8 Å². The molecule has 2 unspecified atom stereocenters. The highest BCUT2D eigenvalue weighted by molar-refractivity contribution is 7.45. The van der Waals surface area contributed by atoms with Gasteiger partial charge < -0.3 is 27.9 Å². The van der Waals surface area contributed by atoms with E-state index < -0.39 is 26.5 Å². The lowest BCUT2D eigenvalue weighted by atomic mass is 10.0. The Balaban J connectivity index is 3.94. The molecule has 0 heterocycles. The van der Waals surface area contributed by atoms with Crippen LogP contribution in [-0.2, 0) is 32.7 Å². The van der Waals surface area contributed by atoms with Crippen LogP contribution in [0, 0.1) is 0 Å². The average molecular weight is 1310 g/mol. The number of carbonyl (C=O) groups is 2. The molecule has 0 fully saturated rings. The van der Waals surface area contributed by atoms with Gasteiger partial charge in [0.15, 0.2) is 6.10 Å². The molecule has 0 aromatic rings. The molecule has 0 aromatic heterocycles. The molecule has 10 heteroatoms. The van der Waals surface area contributed by atoms with Gasteiger partial charge in [-0.05, 0) is 96.3 Å². The van der Waals surface area contributed by atoms with Crippen molar-refractivity contribution in [1.82, 2.24) is 0 Å². The van der Waals surface area contributed by atoms with Crippen LogP contribution in [0.1, 0.15) is 361 Å². The fourth-order valence-electron chi connectivity index (χ4n) is 11.2. The zero-order chi connectivity index (χ0) is 66.9. The Labute approximate surface area is 570 Å². The van der Waals surface area contributed by atoms with Crippen molar-refractivity contribution in [1.29, 1.82) is 0 Å². The zero-order valence-electron chi connectivity index (χ0n) is 61.0. The second-order valence-electron chi connectivity index (χ2n) is 27.3. The molecule has 0 aliphatic carbocycles. The molecule has 0 aliphatic heterocycles. The van der Waals surface area contributed by atoms with Crippen molar-refractivity contribution in [2.75, 3.05) is 47.5 Å². The number of esters is 2. The normalized spacial score (nSPS) is 13.6. The molecular formula is C82H148NO8P. The third kappa shape index (κ3) is 76.0. The minimum Gasteiger partial charge on any atom is -0.756 e. The molecule has 0 amide bonds. The monoisotopic (exact) mass is 1310 g/mol. The maximum atomic E-state index is 12.9.